The number of halogens is 1. The molecule has 0 saturated heterocycles. The smallest absolute Gasteiger partial charge is 0.261 e. The first-order valence-electron chi connectivity index (χ1n) is 7.97. The first kappa shape index (κ1) is 17.4. The summed E-state index contributed by atoms with van der Waals surface area (Å²) in [5, 5.41) is 18.7. The van der Waals surface area contributed by atoms with Gasteiger partial charge in [0.15, 0.2) is 0 Å². The van der Waals surface area contributed by atoms with Gasteiger partial charge in [-0.05, 0) is 18.2 Å². The summed E-state index contributed by atoms with van der Waals surface area (Å²) in [6.45, 7) is -0.865. The van der Waals surface area contributed by atoms with Crippen LogP contribution in [0.5, 0.6) is 0 Å². The van der Waals surface area contributed by atoms with E-state index in [4.69, 9.17) is 16.7 Å². The van der Waals surface area contributed by atoms with Gasteiger partial charge in [0.25, 0.3) is 17.4 Å². The summed E-state index contributed by atoms with van der Waals surface area (Å²) in [4.78, 5) is 47.7. The van der Waals surface area contributed by atoms with E-state index in [1.54, 1.807) is 0 Å². The quantitative estimate of drug-likeness (QED) is 0.480. The number of nitrogens with zero attached hydrogens (tertiary/aromatic N) is 2. The number of aliphatic hydroxyl groups excluding tert-OH is 2. The molecule has 1 unspecified atom stereocenters. The minimum atomic E-state index is -1.21. The maximum atomic E-state index is 12.5. The van der Waals surface area contributed by atoms with Crippen molar-refractivity contribution < 1.29 is 19.8 Å². The zero-order valence-electron chi connectivity index (χ0n) is 13.7. The molecule has 4 N–H and O–H groups in total. The lowest BCUT2D eigenvalue weighted by molar-refractivity contribution is 0.0426. The van der Waals surface area contributed by atoms with Crippen LogP contribution in [-0.2, 0) is 0 Å². The van der Waals surface area contributed by atoms with Crippen LogP contribution in [0.25, 0.3) is 22.4 Å². The monoisotopic (exact) mass is 388 g/mol. The Morgan fingerprint density at radius 2 is 1.89 bits per heavy atom. The number of aromatic amines is 2. The third-order valence-electron chi connectivity index (χ3n) is 4.32. The molecule has 4 rings (SSSR count). The number of fused-ring (bicyclic) bond motifs is 2. The van der Waals surface area contributed by atoms with Gasteiger partial charge in [0.1, 0.15) is 11.4 Å². The molecule has 1 aromatic carbocycles. The number of pyridine rings is 1. The van der Waals surface area contributed by atoms with Crippen LogP contribution in [-0.4, -0.2) is 61.1 Å². The van der Waals surface area contributed by atoms with E-state index in [1.165, 1.54) is 24.4 Å². The van der Waals surface area contributed by atoms with Crippen molar-refractivity contribution in [3.63, 3.8) is 0 Å². The molecule has 138 valence electrons. The molecule has 0 aliphatic carbocycles. The number of amides is 2. The molecule has 0 spiro atoms. The Labute approximate surface area is 156 Å². The summed E-state index contributed by atoms with van der Waals surface area (Å²) in [6.07, 6.45) is 0.201. The van der Waals surface area contributed by atoms with E-state index >= 15 is 0 Å². The maximum absolute atomic E-state index is 12.5. The summed E-state index contributed by atoms with van der Waals surface area (Å²) in [6, 6.07) is 4.43. The third kappa shape index (κ3) is 2.72. The van der Waals surface area contributed by atoms with E-state index in [1.807, 2.05) is 0 Å². The summed E-state index contributed by atoms with van der Waals surface area (Å²) in [7, 11) is 0. The SMILES string of the molecule is O=C1c2cc3nc(-c4c(Cl)cc[nH]c4=O)[nH]c3cc2C(=O)N1CC(O)CO. The number of benzene rings is 1. The van der Waals surface area contributed by atoms with Crippen molar-refractivity contribution >= 4 is 34.4 Å². The van der Waals surface area contributed by atoms with Crippen molar-refractivity contribution in [2.45, 2.75) is 6.10 Å². The number of aromatic nitrogens is 3. The highest BCUT2D eigenvalue weighted by atomic mass is 35.5. The van der Waals surface area contributed by atoms with Crippen LogP contribution in [0, 0.1) is 0 Å². The Morgan fingerprint density at radius 3 is 2.56 bits per heavy atom. The highest BCUT2D eigenvalue weighted by Crippen LogP contribution is 2.29. The second kappa shape index (κ2) is 6.31. The van der Waals surface area contributed by atoms with Crippen LogP contribution in [0.1, 0.15) is 20.7 Å². The Balaban J connectivity index is 1.80. The van der Waals surface area contributed by atoms with Gasteiger partial charge in [-0.25, -0.2) is 4.98 Å². The summed E-state index contributed by atoms with van der Waals surface area (Å²) < 4.78 is 0. The highest BCUT2D eigenvalue weighted by Gasteiger charge is 2.37. The molecule has 3 heterocycles. The minimum absolute atomic E-state index is 0.142. The number of nitrogens with one attached hydrogen (secondary N) is 2. The Bertz CT molecular complexity index is 1100. The topological polar surface area (TPSA) is 139 Å². The maximum Gasteiger partial charge on any atom is 0.261 e. The molecular formula is C17H13ClN4O5. The number of aliphatic hydroxyl groups is 2. The first-order valence-corrected chi connectivity index (χ1v) is 8.35. The largest absolute Gasteiger partial charge is 0.394 e. The third-order valence-corrected chi connectivity index (χ3v) is 4.64. The molecular weight excluding hydrogens is 376 g/mol. The van der Waals surface area contributed by atoms with Crippen LogP contribution in [0.4, 0.5) is 0 Å². The number of carbonyl (C=O) groups excluding carboxylic acids is 2. The van der Waals surface area contributed by atoms with Crippen molar-refractivity contribution in [2.24, 2.45) is 0 Å². The Hall–Kier alpha value is -3.01. The van der Waals surface area contributed by atoms with Crippen LogP contribution < -0.4 is 5.56 Å². The van der Waals surface area contributed by atoms with Crippen molar-refractivity contribution in [3.05, 3.63) is 50.9 Å². The van der Waals surface area contributed by atoms with E-state index in [9.17, 15) is 19.5 Å². The fraction of sp³-hybridized carbons (Fsp3) is 0.176. The van der Waals surface area contributed by atoms with E-state index in [0.29, 0.717) is 11.0 Å². The van der Waals surface area contributed by atoms with E-state index in [-0.39, 0.29) is 34.1 Å². The average Bonchev–Trinajstić information content (AvgIpc) is 3.14. The fourth-order valence-electron chi connectivity index (χ4n) is 3.02. The predicted octanol–water partition coefficient (Wildman–Crippen LogP) is 0.521. The summed E-state index contributed by atoms with van der Waals surface area (Å²) >= 11 is 6.08. The molecule has 0 bridgehead atoms. The molecule has 3 aromatic rings. The van der Waals surface area contributed by atoms with Crippen LogP contribution >= 0.6 is 11.6 Å². The molecule has 27 heavy (non-hydrogen) atoms. The normalized spacial score (nSPS) is 14.9. The van der Waals surface area contributed by atoms with Crippen molar-refractivity contribution in [3.8, 4) is 11.4 Å². The second-order valence-corrected chi connectivity index (χ2v) is 6.49. The molecule has 2 amide bonds. The number of rotatable bonds is 4. The number of hydrogen-bond acceptors (Lipinski definition) is 6. The zero-order chi connectivity index (χ0) is 19.3. The van der Waals surface area contributed by atoms with Crippen molar-refractivity contribution in [1.82, 2.24) is 19.9 Å². The first-order chi connectivity index (χ1) is 12.9. The van der Waals surface area contributed by atoms with Gasteiger partial charge >= 0.3 is 0 Å². The molecule has 0 radical (unpaired) electrons. The van der Waals surface area contributed by atoms with Gasteiger partial charge < -0.3 is 20.2 Å². The fourth-order valence-corrected chi connectivity index (χ4v) is 3.26. The van der Waals surface area contributed by atoms with Gasteiger partial charge in [-0.2, -0.15) is 0 Å². The van der Waals surface area contributed by atoms with Crippen LogP contribution in [0.3, 0.4) is 0 Å². The number of imide groups is 1. The number of β-amino-alcohol motifs (C(OH)–C–C–N with tert-alkyl or cyclic N) is 1. The van der Waals surface area contributed by atoms with Crippen molar-refractivity contribution in [2.75, 3.05) is 13.2 Å². The molecule has 0 saturated carbocycles. The number of carbonyl (C=O) groups is 2. The molecule has 9 nitrogen and oxygen atoms in total. The standard InChI is InChI=1S/C17H13ClN4O5/c18-10-1-2-19-15(25)13(10)14-20-11-3-8-9(4-12(11)21-14)17(27)22(16(8)26)5-7(24)6-23/h1-4,7,23-24H,5-6H2,(H,19,25)(H,20,21). The highest BCUT2D eigenvalue weighted by molar-refractivity contribution is 6.33. The molecule has 0 fully saturated rings. The summed E-state index contributed by atoms with van der Waals surface area (Å²) in [5.41, 5.74) is 0.860. The Morgan fingerprint density at radius 1 is 1.19 bits per heavy atom. The van der Waals surface area contributed by atoms with Gasteiger partial charge in [0.05, 0.1) is 46.4 Å². The molecule has 1 aliphatic heterocycles. The van der Waals surface area contributed by atoms with E-state index in [2.05, 4.69) is 15.0 Å². The van der Waals surface area contributed by atoms with Gasteiger partial charge in [-0.1, -0.05) is 11.6 Å². The zero-order valence-corrected chi connectivity index (χ0v) is 14.4. The van der Waals surface area contributed by atoms with Gasteiger partial charge in [0, 0.05) is 6.20 Å². The van der Waals surface area contributed by atoms with Gasteiger partial charge in [-0.15, -0.1) is 0 Å². The average molecular weight is 389 g/mol. The molecule has 1 aliphatic rings. The predicted molar refractivity (Wildman–Crippen MR) is 95.6 cm³/mol. The van der Waals surface area contributed by atoms with Crippen LogP contribution in [0.2, 0.25) is 5.02 Å². The number of hydrogen-bond donors (Lipinski definition) is 4. The lowest BCUT2D eigenvalue weighted by Gasteiger charge is -2.16. The molecule has 1 atom stereocenters. The van der Waals surface area contributed by atoms with Gasteiger partial charge in [0.2, 0.25) is 0 Å². The van der Waals surface area contributed by atoms with Crippen molar-refractivity contribution in [1.29, 1.82) is 0 Å². The number of H-pyrrole nitrogens is 2. The minimum Gasteiger partial charge on any atom is -0.394 e. The second-order valence-electron chi connectivity index (χ2n) is 6.09. The number of imidazole rings is 1. The lowest BCUT2D eigenvalue weighted by atomic mass is 10.1. The molecule has 2 aromatic heterocycles. The molecule has 10 heteroatoms. The summed E-state index contributed by atoms with van der Waals surface area (Å²) in [5.74, 6) is -0.936. The van der Waals surface area contributed by atoms with Crippen LogP contribution in [0.15, 0.2) is 29.2 Å². The Kier molecular flexibility index (Phi) is 4.06. The van der Waals surface area contributed by atoms with E-state index < -0.39 is 30.1 Å². The van der Waals surface area contributed by atoms with E-state index in [0.717, 1.165) is 4.90 Å². The van der Waals surface area contributed by atoms with Gasteiger partial charge in [-0.3, -0.25) is 19.3 Å². The lowest BCUT2D eigenvalue weighted by Crippen LogP contribution is -2.38.